The van der Waals surface area contributed by atoms with Crippen molar-refractivity contribution in [3.05, 3.63) is 29.8 Å². The fourth-order valence-electron chi connectivity index (χ4n) is 0.894. The maximum Gasteiger partial charge on any atom is 0.369 e. The Kier molecular flexibility index (Phi) is 3.94. The first-order valence-electron chi connectivity index (χ1n) is 3.90. The number of hydrazone groups is 1. The van der Waals surface area contributed by atoms with Crippen LogP contribution in [0, 0.1) is 6.92 Å². The molecule has 5 heteroatoms. The van der Waals surface area contributed by atoms with Crippen molar-refractivity contribution in [2.24, 2.45) is 5.10 Å². The minimum Gasteiger partial charge on any atom is -0.342 e. The van der Waals surface area contributed by atoms with Gasteiger partial charge in [-0.3, -0.25) is 5.43 Å². The minimum atomic E-state index is -0.716. The molecule has 0 bridgehead atoms. The number of benzene rings is 1. The number of hydrogen-bond acceptors (Lipinski definition) is 4. The molecule has 14 heavy (non-hydrogen) atoms. The molecule has 1 aromatic rings. The van der Waals surface area contributed by atoms with E-state index in [1.165, 1.54) is 0 Å². The van der Waals surface area contributed by atoms with Crippen LogP contribution in [0.2, 0.25) is 0 Å². The average molecular weight is 213 g/mol. The van der Waals surface area contributed by atoms with E-state index in [-0.39, 0.29) is 0 Å². The number of hydrogen-bond donors (Lipinski definition) is 1. The summed E-state index contributed by atoms with van der Waals surface area (Å²) in [6.45, 7) is 1.96. The Morgan fingerprint density at radius 3 is 3.07 bits per heavy atom. The van der Waals surface area contributed by atoms with Gasteiger partial charge in [-0.2, -0.15) is 5.10 Å². The van der Waals surface area contributed by atoms with Crippen LogP contribution in [0.15, 0.2) is 29.4 Å². The van der Waals surface area contributed by atoms with E-state index >= 15 is 0 Å². The van der Waals surface area contributed by atoms with Crippen molar-refractivity contribution in [3.8, 4) is 0 Å². The van der Waals surface area contributed by atoms with Crippen LogP contribution in [0.3, 0.4) is 0 Å². The van der Waals surface area contributed by atoms with Gasteiger partial charge in [-0.1, -0.05) is 12.1 Å². The summed E-state index contributed by atoms with van der Waals surface area (Å²) in [6, 6.07) is 7.56. The van der Waals surface area contributed by atoms with Crippen molar-refractivity contribution in [3.63, 3.8) is 0 Å². The number of aryl methyl sites for hydroxylation is 1. The Morgan fingerprint density at radius 1 is 1.64 bits per heavy atom. The molecule has 0 aliphatic rings. The van der Waals surface area contributed by atoms with Crippen LogP contribution < -0.4 is 5.43 Å². The molecule has 1 rings (SSSR count). The van der Waals surface area contributed by atoms with Gasteiger partial charge in [0, 0.05) is 0 Å². The normalized spacial score (nSPS) is 10.1. The lowest BCUT2D eigenvalue weighted by atomic mass is 10.2. The van der Waals surface area contributed by atoms with Crippen LogP contribution in [0.1, 0.15) is 5.56 Å². The monoisotopic (exact) mass is 212 g/mol. The highest BCUT2D eigenvalue weighted by Gasteiger charge is 1.93. The molecule has 1 N–H and O–H groups in total. The smallest absolute Gasteiger partial charge is 0.342 e. The zero-order valence-corrected chi connectivity index (χ0v) is 8.28. The fourth-order valence-corrected chi connectivity index (χ4v) is 0.934. The Labute approximate surface area is 86.7 Å². The van der Waals surface area contributed by atoms with E-state index in [2.05, 4.69) is 14.8 Å². The van der Waals surface area contributed by atoms with Crippen LogP contribution in [-0.4, -0.2) is 12.2 Å². The van der Waals surface area contributed by atoms with Crippen LogP contribution in [0.25, 0.3) is 0 Å². The van der Waals surface area contributed by atoms with Crippen molar-refractivity contribution in [2.75, 3.05) is 5.43 Å². The standard InChI is InChI=1S/C9H9ClN2O2/c1-7-3-2-4-8(5-7)12-11-6-9(13)14-10/h2-6,12H,1H3. The fraction of sp³-hybridized carbons (Fsp3) is 0.111. The van der Waals surface area contributed by atoms with Crippen LogP contribution >= 0.6 is 11.9 Å². The van der Waals surface area contributed by atoms with Gasteiger partial charge in [0.15, 0.2) is 0 Å². The molecule has 0 spiro atoms. The zero-order valence-electron chi connectivity index (χ0n) is 7.53. The predicted octanol–water partition coefficient (Wildman–Crippen LogP) is 2.09. The van der Waals surface area contributed by atoms with Gasteiger partial charge >= 0.3 is 5.97 Å². The molecule has 0 fully saturated rings. The van der Waals surface area contributed by atoms with Crippen LogP contribution in [0.4, 0.5) is 5.69 Å². The quantitative estimate of drug-likeness (QED) is 0.617. The first kappa shape index (κ1) is 10.5. The van der Waals surface area contributed by atoms with Gasteiger partial charge in [-0.15, -0.1) is 0 Å². The van der Waals surface area contributed by atoms with Gasteiger partial charge < -0.3 is 4.29 Å². The largest absolute Gasteiger partial charge is 0.369 e. The van der Waals surface area contributed by atoms with Crippen molar-refractivity contribution in [2.45, 2.75) is 6.92 Å². The van der Waals surface area contributed by atoms with E-state index in [4.69, 9.17) is 11.9 Å². The van der Waals surface area contributed by atoms with Gasteiger partial charge in [-0.05, 0) is 24.6 Å². The molecule has 0 atom stereocenters. The van der Waals surface area contributed by atoms with Crippen LogP contribution in [-0.2, 0) is 9.08 Å². The lowest BCUT2D eigenvalue weighted by Crippen LogP contribution is -2.00. The lowest BCUT2D eigenvalue weighted by Gasteiger charge is -1.99. The molecular formula is C9H9ClN2O2. The highest BCUT2D eigenvalue weighted by Crippen LogP contribution is 2.08. The average Bonchev–Trinajstić information content (AvgIpc) is 2.17. The molecule has 0 aliphatic carbocycles. The highest BCUT2D eigenvalue weighted by atomic mass is 35.5. The number of carbonyl (C=O) groups excluding carboxylic acids is 1. The second-order valence-electron chi connectivity index (χ2n) is 2.64. The van der Waals surface area contributed by atoms with E-state index in [0.29, 0.717) is 0 Å². The summed E-state index contributed by atoms with van der Waals surface area (Å²) >= 11 is 4.79. The van der Waals surface area contributed by atoms with Crippen molar-refractivity contribution in [1.29, 1.82) is 0 Å². The van der Waals surface area contributed by atoms with Gasteiger partial charge in [0.1, 0.15) is 18.1 Å². The SMILES string of the molecule is Cc1cccc(NN=CC(=O)OCl)c1. The molecule has 0 amide bonds. The third-order valence-corrected chi connectivity index (χ3v) is 1.61. The topological polar surface area (TPSA) is 50.7 Å². The van der Waals surface area contributed by atoms with E-state index < -0.39 is 5.97 Å². The second-order valence-corrected chi connectivity index (χ2v) is 2.79. The van der Waals surface area contributed by atoms with E-state index in [1.54, 1.807) is 0 Å². The Hall–Kier alpha value is -1.55. The molecule has 4 nitrogen and oxygen atoms in total. The number of halogens is 1. The van der Waals surface area contributed by atoms with E-state index in [9.17, 15) is 4.79 Å². The van der Waals surface area contributed by atoms with Crippen LogP contribution in [0.5, 0.6) is 0 Å². The van der Waals surface area contributed by atoms with Crippen molar-refractivity contribution >= 4 is 29.7 Å². The molecule has 0 saturated carbocycles. The number of rotatable bonds is 3. The summed E-state index contributed by atoms with van der Waals surface area (Å²) in [4.78, 5) is 10.5. The Balaban J connectivity index is 2.53. The molecule has 0 radical (unpaired) electrons. The number of nitrogens with zero attached hydrogens (tertiary/aromatic N) is 1. The molecule has 0 heterocycles. The molecule has 0 aliphatic heterocycles. The molecule has 74 valence electrons. The van der Waals surface area contributed by atoms with Crippen molar-refractivity contribution < 1.29 is 9.08 Å². The number of anilines is 1. The van der Waals surface area contributed by atoms with E-state index in [0.717, 1.165) is 17.5 Å². The third-order valence-electron chi connectivity index (χ3n) is 1.46. The summed E-state index contributed by atoms with van der Waals surface area (Å²) in [5, 5.41) is 3.62. The summed E-state index contributed by atoms with van der Waals surface area (Å²) in [7, 11) is 0. The maximum absolute atomic E-state index is 10.5. The maximum atomic E-state index is 10.5. The second kappa shape index (κ2) is 5.24. The highest BCUT2D eigenvalue weighted by molar-refractivity contribution is 6.30. The number of nitrogens with one attached hydrogen (secondary N) is 1. The van der Waals surface area contributed by atoms with Gasteiger partial charge in [-0.25, -0.2) is 4.79 Å². The van der Waals surface area contributed by atoms with Gasteiger partial charge in [0.2, 0.25) is 0 Å². The first-order chi connectivity index (χ1) is 6.72. The summed E-state index contributed by atoms with van der Waals surface area (Å²) in [6.07, 6.45) is 0.954. The zero-order chi connectivity index (χ0) is 10.4. The van der Waals surface area contributed by atoms with Gasteiger partial charge in [0.25, 0.3) is 0 Å². The van der Waals surface area contributed by atoms with Gasteiger partial charge in [0.05, 0.1) is 5.69 Å². The Morgan fingerprint density at radius 2 is 2.43 bits per heavy atom. The van der Waals surface area contributed by atoms with E-state index in [1.807, 2.05) is 31.2 Å². The molecule has 0 unspecified atom stereocenters. The summed E-state index contributed by atoms with van der Waals surface area (Å²) in [5.74, 6) is -0.716. The molecule has 0 saturated heterocycles. The molecular weight excluding hydrogens is 204 g/mol. The molecule has 0 aromatic heterocycles. The first-order valence-corrected chi connectivity index (χ1v) is 4.21. The Bertz CT molecular complexity index is 352. The summed E-state index contributed by atoms with van der Waals surface area (Å²) in [5.41, 5.74) is 4.56. The predicted molar refractivity (Wildman–Crippen MR) is 55.2 cm³/mol. The molecule has 1 aromatic carbocycles. The van der Waals surface area contributed by atoms with Crippen molar-refractivity contribution in [1.82, 2.24) is 0 Å². The summed E-state index contributed by atoms with van der Waals surface area (Å²) < 4.78 is 3.86. The lowest BCUT2D eigenvalue weighted by molar-refractivity contribution is -0.126. The number of carbonyl (C=O) groups is 1. The minimum absolute atomic E-state index is 0.716. The third kappa shape index (κ3) is 3.45.